The van der Waals surface area contributed by atoms with E-state index in [9.17, 15) is 9.59 Å². The summed E-state index contributed by atoms with van der Waals surface area (Å²) in [7, 11) is 0. The molecule has 1 aromatic heterocycles. The van der Waals surface area contributed by atoms with Gasteiger partial charge in [0.2, 0.25) is 5.91 Å². The van der Waals surface area contributed by atoms with Crippen LogP contribution in [0.5, 0.6) is 0 Å². The maximum Gasteiger partial charge on any atom is 0.224 e. The quantitative estimate of drug-likeness (QED) is 0.613. The SMILES string of the molecule is O=Cc1cccn1CCC(=O)N(CCO)CCO. The summed E-state index contributed by atoms with van der Waals surface area (Å²) in [5.74, 6) is -0.149. The van der Waals surface area contributed by atoms with Crippen LogP contribution in [0.1, 0.15) is 16.9 Å². The van der Waals surface area contributed by atoms with Gasteiger partial charge in [0.25, 0.3) is 0 Å². The first-order valence-corrected chi connectivity index (χ1v) is 5.82. The first kappa shape index (κ1) is 14.4. The number of aryl methyl sites for hydroxylation is 1. The normalized spacial score (nSPS) is 10.3. The maximum absolute atomic E-state index is 11.8. The van der Waals surface area contributed by atoms with Crippen LogP contribution < -0.4 is 0 Å². The van der Waals surface area contributed by atoms with Crippen molar-refractivity contribution < 1.29 is 19.8 Å². The number of hydrogen-bond donors (Lipinski definition) is 2. The van der Waals surface area contributed by atoms with E-state index in [1.54, 1.807) is 22.9 Å². The summed E-state index contributed by atoms with van der Waals surface area (Å²) in [6, 6.07) is 3.42. The van der Waals surface area contributed by atoms with Gasteiger partial charge in [-0.25, -0.2) is 0 Å². The second-order valence-electron chi connectivity index (χ2n) is 3.82. The van der Waals surface area contributed by atoms with E-state index in [0.29, 0.717) is 12.2 Å². The average Bonchev–Trinajstić information content (AvgIpc) is 2.83. The Labute approximate surface area is 105 Å². The van der Waals surface area contributed by atoms with Gasteiger partial charge in [-0.2, -0.15) is 0 Å². The minimum absolute atomic E-state index is 0.130. The van der Waals surface area contributed by atoms with Crippen molar-refractivity contribution in [2.45, 2.75) is 13.0 Å². The molecule has 2 N–H and O–H groups in total. The summed E-state index contributed by atoms with van der Waals surface area (Å²) in [4.78, 5) is 23.9. The lowest BCUT2D eigenvalue weighted by Crippen LogP contribution is -2.36. The number of hydrogen-bond acceptors (Lipinski definition) is 4. The fourth-order valence-electron chi connectivity index (χ4n) is 1.71. The van der Waals surface area contributed by atoms with E-state index in [2.05, 4.69) is 0 Å². The third-order valence-electron chi connectivity index (χ3n) is 2.64. The molecule has 0 saturated heterocycles. The number of aromatic nitrogens is 1. The highest BCUT2D eigenvalue weighted by Gasteiger charge is 2.12. The van der Waals surface area contributed by atoms with E-state index in [-0.39, 0.29) is 38.6 Å². The van der Waals surface area contributed by atoms with Gasteiger partial charge >= 0.3 is 0 Å². The molecule has 1 heterocycles. The van der Waals surface area contributed by atoms with Gasteiger partial charge < -0.3 is 19.7 Å². The molecule has 0 atom stereocenters. The number of aliphatic hydroxyl groups is 2. The zero-order valence-corrected chi connectivity index (χ0v) is 10.2. The Bertz CT molecular complexity index is 383. The van der Waals surface area contributed by atoms with Gasteiger partial charge in [0, 0.05) is 32.3 Å². The lowest BCUT2D eigenvalue weighted by molar-refractivity contribution is -0.132. The molecule has 0 unspecified atom stereocenters. The van der Waals surface area contributed by atoms with Gasteiger partial charge in [-0.05, 0) is 12.1 Å². The molecular weight excluding hydrogens is 236 g/mol. The molecule has 0 saturated carbocycles. The predicted octanol–water partition coefficient (Wildman–Crippen LogP) is -0.496. The minimum atomic E-state index is -0.149. The first-order chi connectivity index (χ1) is 8.72. The molecule has 0 aliphatic heterocycles. The fraction of sp³-hybridized carbons (Fsp3) is 0.500. The molecule has 0 aromatic carbocycles. The molecule has 1 aromatic rings. The summed E-state index contributed by atoms with van der Waals surface area (Å²) >= 11 is 0. The third-order valence-corrected chi connectivity index (χ3v) is 2.64. The van der Waals surface area contributed by atoms with E-state index in [1.807, 2.05) is 0 Å². The molecule has 1 amide bonds. The number of carbonyl (C=O) groups excluding carboxylic acids is 2. The number of nitrogens with zero attached hydrogens (tertiary/aromatic N) is 2. The Kier molecular flexibility index (Phi) is 6.10. The molecule has 100 valence electrons. The van der Waals surface area contributed by atoms with E-state index >= 15 is 0 Å². The summed E-state index contributed by atoms with van der Waals surface area (Å²) in [5, 5.41) is 17.6. The van der Waals surface area contributed by atoms with Crippen molar-refractivity contribution in [1.29, 1.82) is 0 Å². The standard InChI is InChI=1S/C12H18N2O4/c15-8-6-14(7-9-16)12(18)3-5-13-4-1-2-11(13)10-17/h1-2,4,10,15-16H,3,5-9H2. The van der Waals surface area contributed by atoms with E-state index in [0.717, 1.165) is 6.29 Å². The van der Waals surface area contributed by atoms with Crippen LogP contribution in [0.3, 0.4) is 0 Å². The molecule has 0 aliphatic rings. The first-order valence-electron chi connectivity index (χ1n) is 5.82. The van der Waals surface area contributed by atoms with E-state index in [1.165, 1.54) is 4.90 Å². The number of amides is 1. The van der Waals surface area contributed by atoms with Crippen molar-refractivity contribution in [3.63, 3.8) is 0 Å². The second kappa shape index (κ2) is 7.62. The lowest BCUT2D eigenvalue weighted by atomic mass is 10.3. The zero-order valence-electron chi connectivity index (χ0n) is 10.2. The Hall–Kier alpha value is -1.66. The Morgan fingerprint density at radius 3 is 2.56 bits per heavy atom. The average molecular weight is 254 g/mol. The van der Waals surface area contributed by atoms with Crippen LogP contribution in [-0.2, 0) is 11.3 Å². The second-order valence-corrected chi connectivity index (χ2v) is 3.82. The lowest BCUT2D eigenvalue weighted by Gasteiger charge is -2.20. The summed E-state index contributed by atoms with van der Waals surface area (Å²) in [5.41, 5.74) is 0.527. The molecule has 18 heavy (non-hydrogen) atoms. The van der Waals surface area contributed by atoms with Crippen molar-refractivity contribution in [2.75, 3.05) is 26.3 Å². The summed E-state index contributed by atoms with van der Waals surface area (Å²) in [6.45, 7) is 0.578. The van der Waals surface area contributed by atoms with Crippen LogP contribution in [0.4, 0.5) is 0 Å². The molecule has 1 rings (SSSR count). The molecule has 6 heteroatoms. The van der Waals surface area contributed by atoms with Crippen LogP contribution in [0.2, 0.25) is 0 Å². The smallest absolute Gasteiger partial charge is 0.224 e. The third kappa shape index (κ3) is 3.97. The summed E-state index contributed by atoms with van der Waals surface area (Å²) in [6.07, 6.45) is 2.71. The Morgan fingerprint density at radius 1 is 1.33 bits per heavy atom. The fourth-order valence-corrected chi connectivity index (χ4v) is 1.71. The monoisotopic (exact) mass is 254 g/mol. The van der Waals surface area contributed by atoms with Gasteiger partial charge in [0.05, 0.1) is 18.9 Å². The maximum atomic E-state index is 11.8. The van der Waals surface area contributed by atoms with Crippen LogP contribution in [0.15, 0.2) is 18.3 Å². The predicted molar refractivity (Wildman–Crippen MR) is 65.2 cm³/mol. The van der Waals surface area contributed by atoms with Crippen LogP contribution in [-0.4, -0.2) is 58.2 Å². The van der Waals surface area contributed by atoms with Crippen LogP contribution >= 0.6 is 0 Å². The number of carbonyl (C=O) groups is 2. The van der Waals surface area contributed by atoms with Crippen LogP contribution in [0.25, 0.3) is 0 Å². The topological polar surface area (TPSA) is 82.8 Å². The zero-order chi connectivity index (χ0) is 13.4. The molecular formula is C12H18N2O4. The van der Waals surface area contributed by atoms with Crippen molar-refractivity contribution in [3.05, 3.63) is 24.0 Å². The number of aldehydes is 1. The molecule has 0 bridgehead atoms. The summed E-state index contributed by atoms with van der Waals surface area (Å²) < 4.78 is 1.70. The molecule has 0 fully saturated rings. The molecule has 0 spiro atoms. The highest BCUT2D eigenvalue weighted by atomic mass is 16.3. The van der Waals surface area contributed by atoms with Crippen molar-refractivity contribution in [2.24, 2.45) is 0 Å². The molecule has 6 nitrogen and oxygen atoms in total. The Morgan fingerprint density at radius 2 is 2.00 bits per heavy atom. The highest BCUT2D eigenvalue weighted by Crippen LogP contribution is 2.03. The van der Waals surface area contributed by atoms with Crippen molar-refractivity contribution in [1.82, 2.24) is 9.47 Å². The number of aliphatic hydroxyl groups excluding tert-OH is 2. The largest absolute Gasteiger partial charge is 0.395 e. The van der Waals surface area contributed by atoms with Gasteiger partial charge in [-0.1, -0.05) is 0 Å². The number of rotatable bonds is 8. The van der Waals surface area contributed by atoms with Crippen molar-refractivity contribution in [3.8, 4) is 0 Å². The van der Waals surface area contributed by atoms with Gasteiger partial charge in [0.15, 0.2) is 6.29 Å². The molecule has 0 radical (unpaired) electrons. The van der Waals surface area contributed by atoms with Gasteiger partial charge in [0.1, 0.15) is 0 Å². The van der Waals surface area contributed by atoms with Gasteiger partial charge in [-0.3, -0.25) is 9.59 Å². The highest BCUT2D eigenvalue weighted by molar-refractivity contribution is 5.76. The van der Waals surface area contributed by atoms with Gasteiger partial charge in [-0.15, -0.1) is 0 Å². The van der Waals surface area contributed by atoms with Crippen LogP contribution in [0, 0.1) is 0 Å². The minimum Gasteiger partial charge on any atom is -0.395 e. The van der Waals surface area contributed by atoms with E-state index in [4.69, 9.17) is 10.2 Å². The molecule has 0 aliphatic carbocycles. The Balaban J connectivity index is 2.50. The van der Waals surface area contributed by atoms with E-state index < -0.39 is 0 Å². The van der Waals surface area contributed by atoms with Crippen molar-refractivity contribution >= 4 is 12.2 Å².